The minimum Gasteiger partial charge on any atom is -0.458 e. The number of aliphatic hydroxyl groups excluding tert-OH is 1. The molecule has 0 aromatic heterocycles. The molecule has 0 aliphatic carbocycles. The number of benzene rings is 1. The average molecular weight is 208 g/mol. The normalized spacial score (nSPS) is 14.4. The van der Waals surface area contributed by atoms with E-state index in [2.05, 4.69) is 0 Å². The number of carbonyl (C=O) groups is 1. The lowest BCUT2D eigenvalue weighted by molar-refractivity contribution is -0.145. The number of ether oxygens (including phenoxy) is 1. The maximum Gasteiger partial charge on any atom is 0.303 e. The first-order valence-corrected chi connectivity index (χ1v) is 4.96. The van der Waals surface area contributed by atoms with Crippen LogP contribution in [0.15, 0.2) is 24.3 Å². The van der Waals surface area contributed by atoms with Crippen molar-refractivity contribution < 1.29 is 14.6 Å². The Balaban J connectivity index is 2.75. The molecule has 0 saturated heterocycles. The van der Waals surface area contributed by atoms with Crippen LogP contribution in [0, 0.1) is 0 Å². The van der Waals surface area contributed by atoms with Gasteiger partial charge in [-0.05, 0) is 25.0 Å². The van der Waals surface area contributed by atoms with Gasteiger partial charge in [-0.25, -0.2) is 0 Å². The van der Waals surface area contributed by atoms with E-state index >= 15 is 0 Å². The van der Waals surface area contributed by atoms with Crippen LogP contribution < -0.4 is 0 Å². The van der Waals surface area contributed by atoms with Crippen molar-refractivity contribution in [1.82, 2.24) is 0 Å². The second kappa shape index (κ2) is 4.94. The first kappa shape index (κ1) is 11.7. The fraction of sp³-hybridized carbons (Fsp3) is 0.417. The van der Waals surface area contributed by atoms with Crippen molar-refractivity contribution in [3.05, 3.63) is 35.4 Å². The molecule has 1 N–H and O–H groups in total. The number of hydrogen-bond donors (Lipinski definition) is 1. The number of rotatable bonds is 3. The van der Waals surface area contributed by atoms with Crippen molar-refractivity contribution >= 4 is 5.97 Å². The zero-order chi connectivity index (χ0) is 11.4. The molecule has 0 aliphatic rings. The maximum atomic E-state index is 10.7. The fourth-order valence-electron chi connectivity index (χ4n) is 1.36. The molecule has 82 valence electrons. The molecule has 1 rings (SSSR count). The van der Waals surface area contributed by atoms with Gasteiger partial charge in [-0.1, -0.05) is 24.3 Å². The molecule has 0 heterocycles. The third-order valence-corrected chi connectivity index (χ3v) is 2.23. The molecule has 0 spiro atoms. The molecule has 0 aliphatic heterocycles. The largest absolute Gasteiger partial charge is 0.458 e. The quantitative estimate of drug-likeness (QED) is 0.776. The van der Waals surface area contributed by atoms with Crippen molar-refractivity contribution in [1.29, 1.82) is 0 Å². The van der Waals surface area contributed by atoms with Crippen LogP contribution >= 0.6 is 0 Å². The Morgan fingerprint density at radius 1 is 1.20 bits per heavy atom. The van der Waals surface area contributed by atoms with E-state index in [1.54, 1.807) is 6.92 Å². The van der Waals surface area contributed by atoms with E-state index in [4.69, 9.17) is 4.74 Å². The molecule has 15 heavy (non-hydrogen) atoms. The smallest absolute Gasteiger partial charge is 0.303 e. The molecule has 1 aromatic carbocycles. The SMILES string of the molecule is CC(=O)O[C@H](C)c1ccc([C@H](C)O)cc1. The lowest BCUT2D eigenvalue weighted by Gasteiger charge is -2.13. The number of esters is 1. The van der Waals surface area contributed by atoms with Crippen LogP contribution in [0.1, 0.15) is 44.1 Å². The molecule has 3 nitrogen and oxygen atoms in total. The van der Waals surface area contributed by atoms with Gasteiger partial charge in [-0.15, -0.1) is 0 Å². The second-order valence-electron chi connectivity index (χ2n) is 3.59. The summed E-state index contributed by atoms with van der Waals surface area (Å²) in [4.78, 5) is 10.7. The van der Waals surface area contributed by atoms with Gasteiger partial charge in [0, 0.05) is 6.92 Å². The number of aliphatic hydroxyl groups is 1. The predicted octanol–water partition coefficient (Wildman–Crippen LogP) is 2.36. The van der Waals surface area contributed by atoms with Gasteiger partial charge in [-0.3, -0.25) is 4.79 Å². The first-order valence-electron chi connectivity index (χ1n) is 4.96. The Morgan fingerprint density at radius 2 is 1.67 bits per heavy atom. The van der Waals surface area contributed by atoms with Gasteiger partial charge in [0.15, 0.2) is 0 Å². The van der Waals surface area contributed by atoms with Crippen molar-refractivity contribution in [3.8, 4) is 0 Å². The van der Waals surface area contributed by atoms with Crippen LogP contribution in [0.2, 0.25) is 0 Å². The molecular formula is C12H16O3. The van der Waals surface area contributed by atoms with Crippen LogP contribution in [-0.2, 0) is 9.53 Å². The highest BCUT2D eigenvalue weighted by Gasteiger charge is 2.08. The minimum atomic E-state index is -0.469. The molecule has 0 fully saturated rings. The van der Waals surface area contributed by atoms with E-state index in [0.717, 1.165) is 11.1 Å². The van der Waals surface area contributed by atoms with E-state index in [1.807, 2.05) is 31.2 Å². The second-order valence-corrected chi connectivity index (χ2v) is 3.59. The summed E-state index contributed by atoms with van der Waals surface area (Å²) in [5.74, 6) is -0.290. The van der Waals surface area contributed by atoms with Gasteiger partial charge < -0.3 is 9.84 Å². The van der Waals surface area contributed by atoms with E-state index in [1.165, 1.54) is 6.92 Å². The van der Waals surface area contributed by atoms with Crippen LogP contribution in [0.4, 0.5) is 0 Å². The Hall–Kier alpha value is -1.35. The Morgan fingerprint density at radius 3 is 2.07 bits per heavy atom. The molecule has 0 saturated carbocycles. The van der Waals surface area contributed by atoms with Gasteiger partial charge in [-0.2, -0.15) is 0 Å². The van der Waals surface area contributed by atoms with E-state index in [0.29, 0.717) is 0 Å². The first-order chi connectivity index (χ1) is 7.00. The standard InChI is InChI=1S/C12H16O3/c1-8(13)11-4-6-12(7-5-11)9(2)15-10(3)14/h4-9,13H,1-3H3/t8-,9+/m0/s1. The molecule has 0 amide bonds. The highest BCUT2D eigenvalue weighted by molar-refractivity contribution is 5.66. The number of carbonyl (C=O) groups excluding carboxylic acids is 1. The minimum absolute atomic E-state index is 0.245. The summed E-state index contributed by atoms with van der Waals surface area (Å²) in [6.07, 6.45) is -0.714. The van der Waals surface area contributed by atoms with Crippen LogP contribution in [0.5, 0.6) is 0 Å². The van der Waals surface area contributed by atoms with E-state index in [9.17, 15) is 9.90 Å². The summed E-state index contributed by atoms with van der Waals surface area (Å²) >= 11 is 0. The predicted molar refractivity (Wildman–Crippen MR) is 57.3 cm³/mol. The third kappa shape index (κ3) is 3.36. The molecular weight excluding hydrogens is 192 g/mol. The van der Waals surface area contributed by atoms with Crippen molar-refractivity contribution in [3.63, 3.8) is 0 Å². The highest BCUT2D eigenvalue weighted by atomic mass is 16.5. The molecule has 1 aromatic rings. The summed E-state index contributed by atoms with van der Waals surface area (Å²) in [7, 11) is 0. The third-order valence-electron chi connectivity index (χ3n) is 2.23. The van der Waals surface area contributed by atoms with Crippen molar-refractivity contribution in [2.24, 2.45) is 0 Å². The summed E-state index contributed by atoms with van der Waals surface area (Å²) in [6, 6.07) is 7.38. The molecule has 0 radical (unpaired) electrons. The maximum absolute atomic E-state index is 10.7. The summed E-state index contributed by atoms with van der Waals surface area (Å²) in [6.45, 7) is 4.92. The van der Waals surface area contributed by atoms with Gasteiger partial charge in [0.05, 0.1) is 6.10 Å². The van der Waals surface area contributed by atoms with Gasteiger partial charge in [0.25, 0.3) is 0 Å². The Kier molecular flexibility index (Phi) is 3.86. The summed E-state index contributed by atoms with van der Waals surface area (Å²) in [5.41, 5.74) is 1.78. The Labute approximate surface area is 89.7 Å². The Bertz CT molecular complexity index is 327. The van der Waals surface area contributed by atoms with E-state index < -0.39 is 6.10 Å². The molecule has 2 atom stereocenters. The van der Waals surface area contributed by atoms with Gasteiger partial charge in [0.2, 0.25) is 0 Å². The van der Waals surface area contributed by atoms with Crippen molar-refractivity contribution in [2.75, 3.05) is 0 Å². The molecule has 0 unspecified atom stereocenters. The van der Waals surface area contributed by atoms with Crippen LogP contribution in [0.3, 0.4) is 0 Å². The monoisotopic (exact) mass is 208 g/mol. The van der Waals surface area contributed by atoms with Crippen LogP contribution in [-0.4, -0.2) is 11.1 Å². The molecule has 3 heteroatoms. The molecule has 0 bridgehead atoms. The van der Waals surface area contributed by atoms with Crippen LogP contribution in [0.25, 0.3) is 0 Å². The lowest BCUT2D eigenvalue weighted by atomic mass is 10.1. The summed E-state index contributed by atoms with van der Waals surface area (Å²) < 4.78 is 5.04. The zero-order valence-electron chi connectivity index (χ0n) is 9.23. The lowest BCUT2D eigenvalue weighted by Crippen LogP contribution is -2.04. The van der Waals surface area contributed by atoms with Crippen molar-refractivity contribution in [2.45, 2.75) is 33.0 Å². The average Bonchev–Trinajstić information content (AvgIpc) is 2.17. The fourth-order valence-corrected chi connectivity index (χ4v) is 1.36. The van der Waals surface area contributed by atoms with Gasteiger partial charge in [0.1, 0.15) is 6.10 Å². The summed E-state index contributed by atoms with van der Waals surface area (Å²) in [5, 5.41) is 9.31. The van der Waals surface area contributed by atoms with Gasteiger partial charge >= 0.3 is 5.97 Å². The highest BCUT2D eigenvalue weighted by Crippen LogP contribution is 2.19. The zero-order valence-corrected chi connectivity index (χ0v) is 9.23. The van der Waals surface area contributed by atoms with E-state index in [-0.39, 0.29) is 12.1 Å². The topological polar surface area (TPSA) is 46.5 Å². The number of hydrogen-bond acceptors (Lipinski definition) is 3.